The maximum absolute atomic E-state index is 12.7. The van der Waals surface area contributed by atoms with Crippen molar-refractivity contribution >= 4 is 26.3 Å². The maximum atomic E-state index is 12.7. The third kappa shape index (κ3) is 3.09. The van der Waals surface area contributed by atoms with E-state index in [0.29, 0.717) is 4.90 Å². The van der Waals surface area contributed by atoms with Crippen molar-refractivity contribution in [2.45, 2.75) is 51.0 Å². The summed E-state index contributed by atoms with van der Waals surface area (Å²) in [5, 5.41) is 5.31. The van der Waals surface area contributed by atoms with E-state index in [0.717, 1.165) is 46.2 Å². The number of nitrogens with one attached hydrogen (secondary N) is 1. The second kappa shape index (κ2) is 6.19. The van der Waals surface area contributed by atoms with Crippen molar-refractivity contribution in [1.29, 1.82) is 0 Å². The van der Waals surface area contributed by atoms with Gasteiger partial charge in [0.15, 0.2) is 0 Å². The fourth-order valence-electron chi connectivity index (χ4n) is 3.31. The van der Waals surface area contributed by atoms with Crippen LogP contribution in [0.2, 0.25) is 0 Å². The summed E-state index contributed by atoms with van der Waals surface area (Å²) in [4.78, 5) is 5.57. The summed E-state index contributed by atoms with van der Waals surface area (Å²) in [6.45, 7) is 3.96. The quantitative estimate of drug-likeness (QED) is 0.760. The number of hydrogen-bond acceptors (Lipinski definition) is 5. The first kappa shape index (κ1) is 16.7. The molecule has 0 aliphatic heterocycles. The van der Waals surface area contributed by atoms with Crippen molar-refractivity contribution in [2.24, 2.45) is 0 Å². The molecule has 2 heterocycles. The fraction of sp³-hybridized carbons (Fsp3) is 0.412. The van der Waals surface area contributed by atoms with Crippen LogP contribution in [0.1, 0.15) is 40.4 Å². The summed E-state index contributed by atoms with van der Waals surface area (Å²) >= 11 is 1.50. The minimum absolute atomic E-state index is 0.176. The molecular formula is C17H20N4O2S2. The van der Waals surface area contributed by atoms with Gasteiger partial charge < -0.3 is 0 Å². The Balaban J connectivity index is 1.60. The van der Waals surface area contributed by atoms with Gasteiger partial charge in [0.2, 0.25) is 15.0 Å². The normalized spacial score (nSPS) is 14.8. The van der Waals surface area contributed by atoms with Gasteiger partial charge >= 0.3 is 0 Å². The lowest BCUT2D eigenvalue weighted by atomic mass is 9.92. The van der Waals surface area contributed by atoms with E-state index in [1.165, 1.54) is 23.3 Å². The smallest absolute Gasteiger partial charge is 0.223 e. The van der Waals surface area contributed by atoms with Gasteiger partial charge in [0.1, 0.15) is 5.01 Å². The van der Waals surface area contributed by atoms with Crippen molar-refractivity contribution in [3.05, 3.63) is 45.7 Å². The summed E-state index contributed by atoms with van der Waals surface area (Å²) in [6, 6.07) is 5.48. The first-order valence-corrected chi connectivity index (χ1v) is 10.7. The molecule has 0 spiro atoms. The van der Waals surface area contributed by atoms with Crippen LogP contribution in [0.15, 0.2) is 23.1 Å². The maximum Gasteiger partial charge on any atom is 0.240 e. The van der Waals surface area contributed by atoms with Gasteiger partial charge in [0.25, 0.3) is 0 Å². The molecule has 1 aromatic carbocycles. The molecular weight excluding hydrogens is 356 g/mol. The van der Waals surface area contributed by atoms with E-state index in [1.54, 1.807) is 10.6 Å². The Hall–Kier alpha value is -1.77. The summed E-state index contributed by atoms with van der Waals surface area (Å²) in [7, 11) is -3.56. The fourth-order valence-corrected chi connectivity index (χ4v) is 5.16. The average molecular weight is 377 g/mol. The van der Waals surface area contributed by atoms with Gasteiger partial charge in [-0.15, -0.1) is 0 Å². The summed E-state index contributed by atoms with van der Waals surface area (Å²) in [5.74, 6) is 0. The molecule has 1 N–H and O–H groups in total. The number of hydrogen-bond donors (Lipinski definition) is 1. The highest BCUT2D eigenvalue weighted by Crippen LogP contribution is 2.24. The van der Waals surface area contributed by atoms with Crippen LogP contribution < -0.4 is 4.72 Å². The van der Waals surface area contributed by atoms with Crippen LogP contribution in [-0.4, -0.2) is 23.0 Å². The van der Waals surface area contributed by atoms with Crippen LogP contribution in [0, 0.1) is 13.8 Å². The molecule has 4 rings (SSSR count). The standard InChI is InChI=1S/C17H20N4O2S2/c1-11-16(21-17(19-11)24-12(2)20-21)10-18-25(22,23)15-8-7-13-5-3-4-6-14(13)9-15/h7-9,18H,3-6,10H2,1-2H3. The second-order valence-electron chi connectivity index (χ2n) is 6.42. The average Bonchev–Trinajstić information content (AvgIpc) is 3.07. The highest BCUT2D eigenvalue weighted by molar-refractivity contribution is 7.89. The van der Waals surface area contributed by atoms with E-state index >= 15 is 0 Å². The SMILES string of the molecule is Cc1nn2c(CNS(=O)(=O)c3ccc4c(c3)CCCC4)c(C)nc2s1. The Labute approximate surface area is 151 Å². The zero-order valence-corrected chi connectivity index (χ0v) is 15.9. The molecule has 1 aliphatic carbocycles. The van der Waals surface area contributed by atoms with Crippen molar-refractivity contribution in [2.75, 3.05) is 0 Å². The van der Waals surface area contributed by atoms with Gasteiger partial charge in [0, 0.05) is 0 Å². The number of nitrogens with zero attached hydrogens (tertiary/aromatic N) is 3. The molecule has 0 unspecified atom stereocenters. The minimum atomic E-state index is -3.56. The number of benzene rings is 1. The summed E-state index contributed by atoms with van der Waals surface area (Å²) in [5.41, 5.74) is 4.01. The van der Waals surface area contributed by atoms with Crippen LogP contribution in [0.3, 0.4) is 0 Å². The molecule has 25 heavy (non-hydrogen) atoms. The molecule has 3 aromatic rings. The van der Waals surface area contributed by atoms with Crippen LogP contribution in [-0.2, 0) is 29.4 Å². The number of aromatic nitrogens is 3. The van der Waals surface area contributed by atoms with E-state index in [1.807, 2.05) is 26.0 Å². The van der Waals surface area contributed by atoms with E-state index in [9.17, 15) is 8.42 Å². The van der Waals surface area contributed by atoms with Crippen LogP contribution in [0.4, 0.5) is 0 Å². The third-order valence-electron chi connectivity index (χ3n) is 4.66. The predicted octanol–water partition coefficient (Wildman–Crippen LogP) is 2.76. The van der Waals surface area contributed by atoms with E-state index in [-0.39, 0.29) is 6.54 Å². The van der Waals surface area contributed by atoms with E-state index in [2.05, 4.69) is 14.8 Å². The third-order valence-corrected chi connectivity index (χ3v) is 6.88. The number of fused-ring (bicyclic) bond motifs is 2. The molecule has 8 heteroatoms. The van der Waals surface area contributed by atoms with Crippen molar-refractivity contribution in [3.63, 3.8) is 0 Å². The zero-order chi connectivity index (χ0) is 17.6. The van der Waals surface area contributed by atoms with Gasteiger partial charge in [-0.05, 0) is 62.8 Å². The van der Waals surface area contributed by atoms with Crippen molar-refractivity contribution in [3.8, 4) is 0 Å². The monoisotopic (exact) mass is 376 g/mol. The summed E-state index contributed by atoms with van der Waals surface area (Å²) in [6.07, 6.45) is 4.30. The van der Waals surface area contributed by atoms with Gasteiger partial charge in [-0.3, -0.25) is 0 Å². The second-order valence-corrected chi connectivity index (χ2v) is 9.35. The zero-order valence-electron chi connectivity index (χ0n) is 14.2. The molecule has 0 fully saturated rings. The predicted molar refractivity (Wildman–Crippen MR) is 97.4 cm³/mol. The molecule has 2 aromatic heterocycles. The Morgan fingerprint density at radius 2 is 1.96 bits per heavy atom. The highest BCUT2D eigenvalue weighted by atomic mass is 32.2. The molecule has 0 radical (unpaired) electrons. The molecule has 6 nitrogen and oxygen atoms in total. The lowest BCUT2D eigenvalue weighted by molar-refractivity contribution is 0.578. The lowest BCUT2D eigenvalue weighted by Crippen LogP contribution is -2.25. The Morgan fingerprint density at radius 1 is 1.20 bits per heavy atom. The molecule has 1 aliphatic rings. The van der Waals surface area contributed by atoms with Gasteiger partial charge in [-0.25, -0.2) is 22.6 Å². The summed E-state index contributed by atoms with van der Waals surface area (Å²) < 4.78 is 29.8. The minimum Gasteiger partial charge on any atom is -0.223 e. The number of sulfonamides is 1. The van der Waals surface area contributed by atoms with Gasteiger partial charge in [-0.2, -0.15) is 5.10 Å². The van der Waals surface area contributed by atoms with E-state index in [4.69, 9.17) is 0 Å². The molecule has 0 bridgehead atoms. The Bertz CT molecular complexity index is 1050. The Kier molecular flexibility index (Phi) is 4.13. The number of aryl methyl sites for hydroxylation is 4. The topological polar surface area (TPSA) is 76.4 Å². The van der Waals surface area contributed by atoms with Crippen molar-refractivity contribution in [1.82, 2.24) is 19.3 Å². The first-order chi connectivity index (χ1) is 11.9. The van der Waals surface area contributed by atoms with E-state index < -0.39 is 10.0 Å². The first-order valence-electron chi connectivity index (χ1n) is 8.37. The molecule has 0 saturated carbocycles. The highest BCUT2D eigenvalue weighted by Gasteiger charge is 2.20. The Morgan fingerprint density at radius 3 is 2.76 bits per heavy atom. The van der Waals surface area contributed by atoms with Crippen molar-refractivity contribution < 1.29 is 8.42 Å². The molecule has 0 amide bonds. The van der Waals surface area contributed by atoms with Crippen LogP contribution >= 0.6 is 11.3 Å². The number of rotatable bonds is 4. The molecule has 0 saturated heterocycles. The van der Waals surface area contributed by atoms with Crippen LogP contribution in [0.5, 0.6) is 0 Å². The number of imidazole rings is 1. The largest absolute Gasteiger partial charge is 0.240 e. The van der Waals surface area contributed by atoms with Gasteiger partial charge in [-0.1, -0.05) is 17.4 Å². The molecule has 132 valence electrons. The lowest BCUT2D eigenvalue weighted by Gasteiger charge is -2.16. The molecule has 0 atom stereocenters. The van der Waals surface area contributed by atoms with Crippen LogP contribution in [0.25, 0.3) is 4.96 Å². The van der Waals surface area contributed by atoms with Gasteiger partial charge in [0.05, 0.1) is 22.8 Å².